The molecule has 0 aliphatic heterocycles. The minimum atomic E-state index is -2.87. The molecule has 1 atom stereocenters. The van der Waals surface area contributed by atoms with E-state index >= 15 is 0 Å². The first-order chi connectivity index (χ1) is 7.40. The highest BCUT2D eigenvalue weighted by molar-refractivity contribution is 7.90. The fraction of sp³-hybridized carbons (Fsp3) is 0.500. The maximum absolute atomic E-state index is 11.0. The molecule has 0 amide bonds. The third kappa shape index (κ3) is 4.33. The number of hydrogen-bond acceptors (Lipinski definition) is 3. The van der Waals surface area contributed by atoms with Gasteiger partial charge in [-0.3, -0.25) is 0 Å². The number of hydrogen-bond donors (Lipinski definition) is 1. The zero-order valence-electron chi connectivity index (χ0n) is 10.0. The van der Waals surface area contributed by atoms with Crippen molar-refractivity contribution in [2.24, 2.45) is 0 Å². The molecule has 4 heteroatoms. The molecule has 0 bridgehead atoms. The van der Waals surface area contributed by atoms with E-state index in [4.69, 9.17) is 0 Å². The Morgan fingerprint density at radius 1 is 1.31 bits per heavy atom. The summed E-state index contributed by atoms with van der Waals surface area (Å²) in [5, 5.41) is 3.22. The van der Waals surface area contributed by atoms with Gasteiger partial charge in [0.05, 0.1) is 5.75 Å². The van der Waals surface area contributed by atoms with Crippen molar-refractivity contribution in [1.29, 1.82) is 0 Å². The lowest BCUT2D eigenvalue weighted by Gasteiger charge is -2.16. The predicted molar refractivity (Wildman–Crippen MR) is 67.3 cm³/mol. The Morgan fingerprint density at radius 2 is 1.94 bits per heavy atom. The van der Waals surface area contributed by atoms with E-state index in [-0.39, 0.29) is 11.8 Å². The van der Waals surface area contributed by atoms with Crippen molar-refractivity contribution >= 4 is 9.84 Å². The molecule has 0 fully saturated rings. The van der Waals surface area contributed by atoms with Gasteiger partial charge >= 0.3 is 0 Å². The van der Waals surface area contributed by atoms with Crippen LogP contribution in [-0.4, -0.2) is 27.0 Å². The van der Waals surface area contributed by atoms with Gasteiger partial charge in [0.15, 0.2) is 0 Å². The Balaban J connectivity index is 2.54. The zero-order chi connectivity index (χ0) is 12.2. The van der Waals surface area contributed by atoms with Gasteiger partial charge in [0.2, 0.25) is 0 Å². The van der Waals surface area contributed by atoms with E-state index in [0.717, 1.165) is 0 Å². The molecule has 1 N–H and O–H groups in total. The van der Waals surface area contributed by atoms with E-state index in [0.29, 0.717) is 6.54 Å². The summed E-state index contributed by atoms with van der Waals surface area (Å²) >= 11 is 0. The van der Waals surface area contributed by atoms with Gasteiger partial charge in [-0.15, -0.1) is 0 Å². The lowest BCUT2D eigenvalue weighted by atomic mass is 10.0. The van der Waals surface area contributed by atoms with Crippen LogP contribution in [0.1, 0.15) is 24.1 Å². The number of nitrogens with one attached hydrogen (secondary N) is 1. The quantitative estimate of drug-likeness (QED) is 0.853. The van der Waals surface area contributed by atoms with Crippen molar-refractivity contribution in [2.45, 2.75) is 19.9 Å². The van der Waals surface area contributed by atoms with Crippen LogP contribution in [0.15, 0.2) is 24.3 Å². The van der Waals surface area contributed by atoms with Crippen LogP contribution in [0.2, 0.25) is 0 Å². The summed E-state index contributed by atoms with van der Waals surface area (Å²) in [6.45, 7) is 4.60. The average molecular weight is 241 g/mol. The molecule has 1 rings (SSSR count). The summed E-state index contributed by atoms with van der Waals surface area (Å²) in [7, 11) is -2.87. The monoisotopic (exact) mass is 241 g/mol. The first-order valence-corrected chi connectivity index (χ1v) is 7.43. The molecule has 0 unspecified atom stereocenters. The summed E-state index contributed by atoms with van der Waals surface area (Å²) in [5.74, 6) is 0.184. The van der Waals surface area contributed by atoms with Crippen LogP contribution in [0.25, 0.3) is 0 Å². The maximum atomic E-state index is 11.0. The Bertz CT molecular complexity index is 440. The van der Waals surface area contributed by atoms with Crippen LogP contribution in [0, 0.1) is 6.92 Å². The highest BCUT2D eigenvalue weighted by Crippen LogP contribution is 2.16. The number of sulfone groups is 1. The predicted octanol–water partition coefficient (Wildman–Crippen LogP) is 1.69. The highest BCUT2D eigenvalue weighted by atomic mass is 32.2. The molecule has 3 nitrogen and oxygen atoms in total. The van der Waals surface area contributed by atoms with E-state index in [2.05, 4.69) is 24.4 Å². The Labute approximate surface area is 97.8 Å². The summed E-state index contributed by atoms with van der Waals surface area (Å²) < 4.78 is 22.0. The topological polar surface area (TPSA) is 46.2 Å². The van der Waals surface area contributed by atoms with Gasteiger partial charge in [0.25, 0.3) is 0 Å². The third-order valence-electron chi connectivity index (χ3n) is 2.58. The molecule has 1 aromatic rings. The molecule has 0 saturated heterocycles. The zero-order valence-corrected chi connectivity index (χ0v) is 10.8. The maximum Gasteiger partial charge on any atom is 0.148 e. The van der Waals surface area contributed by atoms with Crippen LogP contribution in [-0.2, 0) is 9.84 Å². The van der Waals surface area contributed by atoms with Crippen molar-refractivity contribution < 1.29 is 8.42 Å². The smallest absolute Gasteiger partial charge is 0.148 e. The fourth-order valence-corrected chi connectivity index (χ4v) is 2.13. The van der Waals surface area contributed by atoms with Gasteiger partial charge in [0, 0.05) is 18.8 Å². The third-order valence-corrected chi connectivity index (χ3v) is 3.52. The molecule has 0 spiro atoms. The molecule has 0 radical (unpaired) electrons. The van der Waals surface area contributed by atoms with Gasteiger partial charge in [-0.2, -0.15) is 0 Å². The van der Waals surface area contributed by atoms with Gasteiger partial charge in [-0.1, -0.05) is 24.3 Å². The minimum absolute atomic E-state index is 0.183. The number of benzene rings is 1. The normalized spacial score (nSPS) is 13.7. The van der Waals surface area contributed by atoms with Crippen molar-refractivity contribution in [1.82, 2.24) is 5.32 Å². The molecule has 0 aliphatic rings. The van der Waals surface area contributed by atoms with E-state index in [9.17, 15) is 8.42 Å². The van der Waals surface area contributed by atoms with Gasteiger partial charge < -0.3 is 5.32 Å². The lowest BCUT2D eigenvalue weighted by Crippen LogP contribution is -2.25. The largest absolute Gasteiger partial charge is 0.309 e. The molecule has 90 valence electrons. The SMILES string of the molecule is Cc1ccccc1[C@@H](C)NCCS(C)(=O)=O. The Morgan fingerprint density at radius 3 is 2.50 bits per heavy atom. The van der Waals surface area contributed by atoms with E-state index in [1.807, 2.05) is 19.1 Å². The number of aryl methyl sites for hydroxylation is 1. The van der Waals surface area contributed by atoms with Crippen molar-refractivity contribution in [2.75, 3.05) is 18.6 Å². The van der Waals surface area contributed by atoms with Crippen molar-refractivity contribution in [3.8, 4) is 0 Å². The van der Waals surface area contributed by atoms with Crippen LogP contribution in [0.5, 0.6) is 0 Å². The van der Waals surface area contributed by atoms with E-state index < -0.39 is 9.84 Å². The Kier molecular flexibility index (Phi) is 4.50. The molecular weight excluding hydrogens is 222 g/mol. The molecular formula is C12H19NO2S. The molecule has 0 aliphatic carbocycles. The van der Waals surface area contributed by atoms with Crippen molar-refractivity contribution in [3.05, 3.63) is 35.4 Å². The first kappa shape index (κ1) is 13.2. The minimum Gasteiger partial charge on any atom is -0.309 e. The second kappa shape index (κ2) is 5.46. The van der Waals surface area contributed by atoms with Crippen LogP contribution < -0.4 is 5.32 Å². The average Bonchev–Trinajstić information content (AvgIpc) is 2.16. The second-order valence-corrected chi connectivity index (χ2v) is 6.42. The van der Waals surface area contributed by atoms with Gasteiger partial charge in [0.1, 0.15) is 9.84 Å². The van der Waals surface area contributed by atoms with Crippen LogP contribution in [0.4, 0.5) is 0 Å². The van der Waals surface area contributed by atoms with Gasteiger partial charge in [-0.25, -0.2) is 8.42 Å². The lowest BCUT2D eigenvalue weighted by molar-refractivity contribution is 0.574. The summed E-state index contributed by atoms with van der Waals surface area (Å²) in [5.41, 5.74) is 2.44. The Hall–Kier alpha value is -0.870. The fourth-order valence-electron chi connectivity index (χ4n) is 1.64. The highest BCUT2D eigenvalue weighted by Gasteiger charge is 2.08. The molecule has 16 heavy (non-hydrogen) atoms. The van der Waals surface area contributed by atoms with Crippen molar-refractivity contribution in [3.63, 3.8) is 0 Å². The molecule has 0 heterocycles. The summed E-state index contributed by atoms with van der Waals surface area (Å²) in [6, 6.07) is 8.30. The molecule has 0 saturated carbocycles. The number of rotatable bonds is 5. The summed E-state index contributed by atoms with van der Waals surface area (Å²) in [4.78, 5) is 0. The first-order valence-electron chi connectivity index (χ1n) is 5.37. The van der Waals surface area contributed by atoms with E-state index in [1.54, 1.807) is 0 Å². The van der Waals surface area contributed by atoms with E-state index in [1.165, 1.54) is 17.4 Å². The molecule has 0 aromatic heterocycles. The molecule has 1 aromatic carbocycles. The van der Waals surface area contributed by atoms with Crippen LogP contribution in [0.3, 0.4) is 0 Å². The van der Waals surface area contributed by atoms with Crippen LogP contribution >= 0.6 is 0 Å². The second-order valence-electron chi connectivity index (χ2n) is 4.16. The summed E-state index contributed by atoms with van der Waals surface area (Å²) in [6.07, 6.45) is 1.26. The standard InChI is InChI=1S/C12H19NO2S/c1-10-6-4-5-7-12(10)11(2)13-8-9-16(3,14)15/h4-7,11,13H,8-9H2,1-3H3/t11-/m1/s1. The van der Waals surface area contributed by atoms with Gasteiger partial charge in [-0.05, 0) is 25.0 Å².